The molecule has 3 heterocycles. The molecule has 0 bridgehead atoms. The smallest absolute Gasteiger partial charge is 0.383 e. The van der Waals surface area contributed by atoms with E-state index in [9.17, 15) is 18.0 Å². The number of rotatable bonds is 5. The maximum Gasteiger partial charge on any atom is 0.417 e. The molecule has 0 aliphatic carbocycles. The van der Waals surface area contributed by atoms with Crippen LogP contribution in [-0.4, -0.2) is 25.8 Å². The Morgan fingerprint density at radius 1 is 1.14 bits per heavy atom. The quantitative estimate of drug-likeness (QED) is 0.353. The minimum atomic E-state index is -4.51. The zero-order valence-corrected chi connectivity index (χ0v) is 19.4. The second kappa shape index (κ2) is 9.62. The molecule has 0 saturated heterocycles. The minimum Gasteiger partial charge on any atom is -0.383 e. The predicted octanol–water partition coefficient (Wildman–Crippen LogP) is 5.89. The van der Waals surface area contributed by atoms with Crippen LogP contribution in [0.15, 0.2) is 60.8 Å². The number of aryl methyl sites for hydroxylation is 1. The molecule has 4 aromatic rings. The van der Waals surface area contributed by atoms with Gasteiger partial charge in [0.05, 0.1) is 29.4 Å². The van der Waals surface area contributed by atoms with Gasteiger partial charge < -0.3 is 15.5 Å². The molecule has 7 nitrogen and oxygen atoms in total. The summed E-state index contributed by atoms with van der Waals surface area (Å²) < 4.78 is 39.0. The minimum absolute atomic E-state index is 0.0703. The predicted molar refractivity (Wildman–Crippen MR) is 129 cm³/mol. The third kappa shape index (κ3) is 5.10. The number of nitrogens with two attached hydrogens (primary N) is 1. The first-order valence-corrected chi connectivity index (χ1v) is 10.9. The fourth-order valence-corrected chi connectivity index (χ4v) is 3.73. The van der Waals surface area contributed by atoms with Gasteiger partial charge in [0, 0.05) is 17.1 Å². The van der Waals surface area contributed by atoms with Gasteiger partial charge in [-0.05, 0) is 67.9 Å². The van der Waals surface area contributed by atoms with E-state index in [4.69, 9.17) is 12.3 Å². The SMILES string of the molecule is [C-]#[N+]c1cccc(C(C)N(Cc2ccc(C(F)(F)F)cn2)C(=O)c2ccc3nc(N)c(C)cc3c2)n1. The normalized spacial score (nSPS) is 12.2. The highest BCUT2D eigenvalue weighted by molar-refractivity contribution is 5.98. The summed E-state index contributed by atoms with van der Waals surface area (Å²) in [5.41, 5.74) is 7.51. The number of pyridine rings is 3. The summed E-state index contributed by atoms with van der Waals surface area (Å²) in [5, 5.41) is 0.723. The number of alkyl halides is 3. The average Bonchev–Trinajstić information content (AvgIpc) is 2.86. The van der Waals surface area contributed by atoms with Gasteiger partial charge in [0.1, 0.15) is 5.82 Å². The van der Waals surface area contributed by atoms with Gasteiger partial charge in [0.15, 0.2) is 5.69 Å². The molecule has 1 amide bonds. The number of hydrogen-bond acceptors (Lipinski definition) is 5. The average molecular weight is 490 g/mol. The molecule has 0 saturated carbocycles. The van der Waals surface area contributed by atoms with E-state index in [-0.39, 0.29) is 24.0 Å². The number of nitrogens with zero attached hydrogens (tertiary/aromatic N) is 5. The highest BCUT2D eigenvalue weighted by atomic mass is 19.4. The highest BCUT2D eigenvalue weighted by Gasteiger charge is 2.31. The van der Waals surface area contributed by atoms with Crippen molar-refractivity contribution in [2.24, 2.45) is 0 Å². The summed E-state index contributed by atoms with van der Waals surface area (Å²) in [6.45, 7) is 10.7. The third-order valence-corrected chi connectivity index (χ3v) is 5.80. The Balaban J connectivity index is 1.73. The Bertz CT molecular complexity index is 1480. The fraction of sp³-hybridized carbons (Fsp3) is 0.192. The number of anilines is 1. The molecule has 0 aliphatic heterocycles. The van der Waals surface area contributed by atoms with Crippen LogP contribution in [0.3, 0.4) is 0 Å². The lowest BCUT2D eigenvalue weighted by Gasteiger charge is -2.28. The summed E-state index contributed by atoms with van der Waals surface area (Å²) in [6.07, 6.45) is -3.77. The van der Waals surface area contributed by atoms with Crippen molar-refractivity contribution in [2.45, 2.75) is 32.6 Å². The van der Waals surface area contributed by atoms with Crippen molar-refractivity contribution in [1.82, 2.24) is 19.9 Å². The summed E-state index contributed by atoms with van der Waals surface area (Å²) >= 11 is 0. The number of hydrogen-bond donors (Lipinski definition) is 1. The molecule has 1 unspecified atom stereocenters. The first-order valence-electron chi connectivity index (χ1n) is 10.9. The Labute approximate surface area is 205 Å². The molecule has 36 heavy (non-hydrogen) atoms. The first kappa shape index (κ1) is 24.6. The molecule has 0 fully saturated rings. The van der Waals surface area contributed by atoms with E-state index in [1.165, 1.54) is 11.0 Å². The van der Waals surface area contributed by atoms with Crippen molar-refractivity contribution in [3.05, 3.63) is 100 Å². The van der Waals surface area contributed by atoms with E-state index in [0.717, 1.165) is 23.2 Å². The van der Waals surface area contributed by atoms with Crippen LogP contribution in [0.25, 0.3) is 15.7 Å². The number of carbonyl (C=O) groups excluding carboxylic acids is 1. The molecule has 0 spiro atoms. The number of carbonyl (C=O) groups is 1. The number of amides is 1. The van der Waals surface area contributed by atoms with Crippen LogP contribution in [0.2, 0.25) is 0 Å². The molecule has 4 rings (SSSR count). The van der Waals surface area contributed by atoms with Crippen LogP contribution in [-0.2, 0) is 12.7 Å². The van der Waals surface area contributed by atoms with Gasteiger partial charge in [-0.1, -0.05) is 12.6 Å². The summed E-state index contributed by atoms with van der Waals surface area (Å²) in [4.78, 5) is 31.1. The molecular weight excluding hydrogens is 469 g/mol. The van der Waals surface area contributed by atoms with Crippen LogP contribution in [0.5, 0.6) is 0 Å². The monoisotopic (exact) mass is 490 g/mol. The summed E-state index contributed by atoms with van der Waals surface area (Å²) in [6, 6.07) is 13.3. The van der Waals surface area contributed by atoms with Gasteiger partial charge >= 0.3 is 6.18 Å². The third-order valence-electron chi connectivity index (χ3n) is 5.80. The molecular formula is C26H21F3N6O. The number of halogens is 3. The van der Waals surface area contributed by atoms with Crippen molar-refractivity contribution in [3.8, 4) is 0 Å². The standard InChI is InChI=1S/C26H21F3N6O/c1-15-11-18-12-17(7-10-22(18)34-24(15)30)25(36)35(16(2)21-5-4-6-23(31-3)33-21)14-20-9-8-19(13-32-20)26(27,28)29/h4-13,16H,14H2,1-2H3,(H2,30,34). The zero-order chi connectivity index (χ0) is 26.0. The van der Waals surface area contributed by atoms with E-state index >= 15 is 0 Å². The van der Waals surface area contributed by atoms with Gasteiger partial charge in [-0.25, -0.2) is 4.98 Å². The molecule has 1 aromatic carbocycles. The van der Waals surface area contributed by atoms with E-state index < -0.39 is 17.8 Å². The fourth-order valence-electron chi connectivity index (χ4n) is 3.73. The Morgan fingerprint density at radius 3 is 2.58 bits per heavy atom. The molecule has 3 aromatic heterocycles. The van der Waals surface area contributed by atoms with Crippen LogP contribution in [0.4, 0.5) is 24.8 Å². The van der Waals surface area contributed by atoms with Crippen LogP contribution in [0.1, 0.15) is 45.8 Å². The van der Waals surface area contributed by atoms with Crippen molar-refractivity contribution >= 4 is 28.4 Å². The topological polar surface area (TPSA) is 89.4 Å². The van der Waals surface area contributed by atoms with Crippen molar-refractivity contribution in [1.29, 1.82) is 0 Å². The van der Waals surface area contributed by atoms with E-state index in [0.29, 0.717) is 22.6 Å². The largest absolute Gasteiger partial charge is 0.417 e. The molecule has 2 N–H and O–H groups in total. The maximum atomic E-state index is 13.7. The zero-order valence-electron chi connectivity index (χ0n) is 19.4. The number of fused-ring (bicyclic) bond motifs is 1. The lowest BCUT2D eigenvalue weighted by atomic mass is 10.1. The van der Waals surface area contributed by atoms with Gasteiger partial charge in [-0.3, -0.25) is 9.78 Å². The van der Waals surface area contributed by atoms with E-state index in [1.54, 1.807) is 43.3 Å². The molecule has 0 aliphatic rings. The van der Waals surface area contributed by atoms with Gasteiger partial charge in [-0.15, -0.1) is 4.98 Å². The lowest BCUT2D eigenvalue weighted by molar-refractivity contribution is -0.137. The number of nitrogen functional groups attached to an aromatic ring is 1. The second-order valence-corrected chi connectivity index (χ2v) is 8.28. The van der Waals surface area contributed by atoms with Gasteiger partial charge in [0.2, 0.25) is 0 Å². The molecule has 182 valence electrons. The molecule has 10 heteroatoms. The second-order valence-electron chi connectivity index (χ2n) is 8.28. The Morgan fingerprint density at radius 2 is 1.92 bits per heavy atom. The Kier molecular flexibility index (Phi) is 6.57. The lowest BCUT2D eigenvalue weighted by Crippen LogP contribution is -2.34. The van der Waals surface area contributed by atoms with Crippen molar-refractivity contribution in [3.63, 3.8) is 0 Å². The molecule has 0 radical (unpaired) electrons. The Hall–Kier alpha value is -4.52. The number of aromatic nitrogens is 3. The molecule has 1 atom stereocenters. The summed E-state index contributed by atoms with van der Waals surface area (Å²) in [7, 11) is 0. The first-order chi connectivity index (χ1) is 17.1. The van der Waals surface area contributed by atoms with Crippen molar-refractivity contribution in [2.75, 3.05) is 5.73 Å². The van der Waals surface area contributed by atoms with E-state index in [2.05, 4.69) is 19.8 Å². The van der Waals surface area contributed by atoms with Gasteiger partial charge in [-0.2, -0.15) is 13.2 Å². The van der Waals surface area contributed by atoms with Crippen molar-refractivity contribution < 1.29 is 18.0 Å². The van der Waals surface area contributed by atoms with Gasteiger partial charge in [0.25, 0.3) is 11.7 Å². The highest BCUT2D eigenvalue weighted by Crippen LogP contribution is 2.30. The van der Waals surface area contributed by atoms with Crippen LogP contribution in [0, 0.1) is 13.5 Å². The summed E-state index contributed by atoms with van der Waals surface area (Å²) in [5.74, 6) is 0.191. The van der Waals surface area contributed by atoms with Crippen LogP contribution >= 0.6 is 0 Å². The number of benzene rings is 1. The van der Waals surface area contributed by atoms with E-state index in [1.807, 2.05) is 13.0 Å². The van der Waals surface area contributed by atoms with Crippen LogP contribution < -0.4 is 5.73 Å². The maximum absolute atomic E-state index is 13.7.